The molecular formula is C31H35BrClN9O. The highest BCUT2D eigenvalue weighted by atomic mass is 79.9. The first kappa shape index (κ1) is 28.5. The van der Waals surface area contributed by atoms with Gasteiger partial charge < -0.3 is 25.2 Å². The number of benzene rings is 2. The number of rotatable bonds is 6. The first-order valence-corrected chi connectivity index (χ1v) is 16.1. The lowest BCUT2D eigenvalue weighted by atomic mass is 9.99. The maximum atomic E-state index is 6.93. The minimum Gasteiger partial charge on any atom is -0.489 e. The molecule has 0 saturated carbocycles. The summed E-state index contributed by atoms with van der Waals surface area (Å²) < 4.78 is 7.06. The van der Waals surface area contributed by atoms with E-state index in [0.717, 1.165) is 70.1 Å². The number of hydrogen-bond donors (Lipinski definition) is 2. The molecule has 0 aliphatic carbocycles. The molecule has 5 heterocycles. The van der Waals surface area contributed by atoms with Gasteiger partial charge in [-0.3, -0.25) is 14.9 Å². The third kappa shape index (κ3) is 5.71. The fraction of sp³-hybridized carbons (Fsp3) is 0.419. The van der Waals surface area contributed by atoms with E-state index in [2.05, 4.69) is 63.1 Å². The molecular weight excluding hydrogens is 630 g/mol. The van der Waals surface area contributed by atoms with Crippen molar-refractivity contribution in [3.8, 4) is 5.75 Å². The molecule has 2 saturated heterocycles. The second kappa shape index (κ2) is 12.0. The zero-order chi connectivity index (χ0) is 29.5. The standard InChI is InChI=1S/C31H35BrClN9O/c1-3-40-10-6-21(7-11-40)41-12-13-42-22(17-41)18-43-27-15-20(14-24(33)29(27)42)37-31-36-16-23(32)30(39-31)38-25-4-5-26-28(19(25)2)35-9-8-34-26/h4-5,8-9,14-16,21-22H,3,6-7,10-13,17-18H2,1-2H3,(H2,36,37,38,39). The summed E-state index contributed by atoms with van der Waals surface area (Å²) in [5.74, 6) is 1.86. The van der Waals surface area contributed by atoms with Gasteiger partial charge in [-0.15, -0.1) is 0 Å². The number of anilines is 5. The van der Waals surface area contributed by atoms with E-state index in [0.29, 0.717) is 35.5 Å². The van der Waals surface area contributed by atoms with E-state index in [1.165, 1.54) is 25.9 Å². The number of ether oxygens (including phenoxy) is 1. The highest BCUT2D eigenvalue weighted by Gasteiger charge is 2.37. The third-order valence-electron chi connectivity index (χ3n) is 8.93. The molecule has 1 unspecified atom stereocenters. The second-order valence-corrected chi connectivity index (χ2v) is 12.7. The van der Waals surface area contributed by atoms with Crippen LogP contribution in [0.3, 0.4) is 0 Å². The largest absolute Gasteiger partial charge is 0.489 e. The number of piperazine rings is 1. The van der Waals surface area contributed by atoms with Crippen LogP contribution in [0.4, 0.5) is 28.8 Å². The first-order valence-electron chi connectivity index (χ1n) is 14.9. The quantitative estimate of drug-likeness (QED) is 0.256. The van der Waals surface area contributed by atoms with Gasteiger partial charge in [0.1, 0.15) is 18.2 Å². The van der Waals surface area contributed by atoms with Crippen LogP contribution in [0.25, 0.3) is 11.0 Å². The van der Waals surface area contributed by atoms with Gasteiger partial charge in [-0.25, -0.2) is 4.98 Å². The molecule has 224 valence electrons. The van der Waals surface area contributed by atoms with Crippen LogP contribution < -0.4 is 20.3 Å². The maximum absolute atomic E-state index is 6.93. The summed E-state index contributed by atoms with van der Waals surface area (Å²) in [5.41, 5.74) is 5.34. The molecule has 0 amide bonds. The number of hydrogen-bond acceptors (Lipinski definition) is 10. The van der Waals surface area contributed by atoms with Crippen LogP contribution in [0.1, 0.15) is 25.3 Å². The summed E-state index contributed by atoms with van der Waals surface area (Å²) in [6, 6.07) is 8.82. The van der Waals surface area contributed by atoms with Gasteiger partial charge in [-0.2, -0.15) is 4.98 Å². The topological polar surface area (TPSA) is 94.6 Å². The van der Waals surface area contributed by atoms with Crippen molar-refractivity contribution in [2.24, 2.45) is 0 Å². The Morgan fingerprint density at radius 1 is 1.02 bits per heavy atom. The Hall–Kier alpha value is -3.25. The maximum Gasteiger partial charge on any atom is 0.229 e. The SMILES string of the molecule is CCN1CCC(N2CCN3c4c(Cl)cc(Nc5ncc(Br)c(Nc6ccc7nccnc7c6C)n5)cc4OCC3C2)CC1. The Labute approximate surface area is 264 Å². The van der Waals surface area contributed by atoms with Crippen molar-refractivity contribution in [1.82, 2.24) is 29.7 Å². The molecule has 2 aromatic heterocycles. The second-order valence-electron chi connectivity index (χ2n) is 11.4. The van der Waals surface area contributed by atoms with Crippen molar-refractivity contribution in [2.75, 3.05) is 61.4 Å². The molecule has 43 heavy (non-hydrogen) atoms. The molecule has 3 aliphatic rings. The summed E-state index contributed by atoms with van der Waals surface area (Å²) in [4.78, 5) is 25.8. The van der Waals surface area contributed by atoms with Gasteiger partial charge in [0.15, 0.2) is 0 Å². The molecule has 10 nitrogen and oxygen atoms in total. The van der Waals surface area contributed by atoms with E-state index in [4.69, 9.17) is 21.3 Å². The van der Waals surface area contributed by atoms with Crippen LogP contribution in [-0.4, -0.2) is 87.7 Å². The number of aromatic nitrogens is 4. The van der Waals surface area contributed by atoms with Gasteiger partial charge in [0.2, 0.25) is 5.95 Å². The molecule has 0 bridgehead atoms. The monoisotopic (exact) mass is 663 g/mol. The smallest absolute Gasteiger partial charge is 0.229 e. The van der Waals surface area contributed by atoms with Crippen LogP contribution in [0.15, 0.2) is 47.3 Å². The van der Waals surface area contributed by atoms with Crippen LogP contribution in [0.2, 0.25) is 5.02 Å². The summed E-state index contributed by atoms with van der Waals surface area (Å²) >= 11 is 10.5. The number of aryl methyl sites for hydroxylation is 1. The Morgan fingerprint density at radius 2 is 1.86 bits per heavy atom. The number of halogens is 2. The molecule has 12 heteroatoms. The third-order valence-corrected chi connectivity index (χ3v) is 9.80. The van der Waals surface area contributed by atoms with Crippen LogP contribution in [-0.2, 0) is 0 Å². The van der Waals surface area contributed by atoms with Crippen molar-refractivity contribution < 1.29 is 4.74 Å². The van der Waals surface area contributed by atoms with E-state index in [-0.39, 0.29) is 0 Å². The predicted octanol–water partition coefficient (Wildman–Crippen LogP) is 6.00. The minimum absolute atomic E-state index is 0.301. The molecule has 2 N–H and O–H groups in total. The summed E-state index contributed by atoms with van der Waals surface area (Å²) in [7, 11) is 0. The average molecular weight is 665 g/mol. The number of likely N-dealkylation sites (tertiary alicyclic amines) is 1. The highest BCUT2D eigenvalue weighted by molar-refractivity contribution is 9.10. The van der Waals surface area contributed by atoms with Gasteiger partial charge in [-0.05, 0) is 73.5 Å². The fourth-order valence-corrected chi connectivity index (χ4v) is 7.16. The number of nitrogens with one attached hydrogen (secondary N) is 2. The Morgan fingerprint density at radius 3 is 2.70 bits per heavy atom. The van der Waals surface area contributed by atoms with Gasteiger partial charge in [0, 0.05) is 67.3 Å². The van der Waals surface area contributed by atoms with E-state index < -0.39 is 0 Å². The lowest BCUT2D eigenvalue weighted by Gasteiger charge is -2.49. The van der Waals surface area contributed by atoms with E-state index in [1.54, 1.807) is 18.6 Å². The molecule has 4 aromatic rings. The fourth-order valence-electron chi connectivity index (χ4n) is 6.55. The zero-order valence-corrected chi connectivity index (χ0v) is 26.7. The van der Waals surface area contributed by atoms with Crippen molar-refractivity contribution in [3.63, 3.8) is 0 Å². The summed E-state index contributed by atoms with van der Waals surface area (Å²) in [6.45, 7) is 11.5. The highest BCUT2D eigenvalue weighted by Crippen LogP contribution is 2.44. The van der Waals surface area contributed by atoms with Gasteiger partial charge in [-0.1, -0.05) is 18.5 Å². The van der Waals surface area contributed by atoms with Gasteiger partial charge >= 0.3 is 0 Å². The molecule has 3 aliphatic heterocycles. The van der Waals surface area contributed by atoms with Gasteiger partial charge in [0.05, 0.1) is 32.3 Å². The van der Waals surface area contributed by atoms with Crippen LogP contribution in [0, 0.1) is 6.92 Å². The lowest BCUT2D eigenvalue weighted by molar-refractivity contribution is 0.0810. The predicted molar refractivity (Wildman–Crippen MR) is 175 cm³/mol. The number of piperidine rings is 1. The molecule has 0 spiro atoms. The Bertz CT molecular complexity index is 1650. The normalized spacial score (nSPS) is 19.5. The minimum atomic E-state index is 0.301. The van der Waals surface area contributed by atoms with Crippen LogP contribution >= 0.6 is 27.5 Å². The van der Waals surface area contributed by atoms with Crippen LogP contribution in [0.5, 0.6) is 5.75 Å². The van der Waals surface area contributed by atoms with Crippen molar-refractivity contribution in [3.05, 3.63) is 57.9 Å². The summed E-state index contributed by atoms with van der Waals surface area (Å²) in [6.07, 6.45) is 7.62. The van der Waals surface area contributed by atoms with E-state index in [1.807, 2.05) is 31.2 Å². The van der Waals surface area contributed by atoms with Crippen molar-refractivity contribution >= 4 is 67.4 Å². The number of fused-ring (bicyclic) bond motifs is 4. The van der Waals surface area contributed by atoms with Crippen molar-refractivity contribution in [2.45, 2.75) is 38.8 Å². The zero-order valence-electron chi connectivity index (χ0n) is 24.4. The van der Waals surface area contributed by atoms with Crippen molar-refractivity contribution in [1.29, 1.82) is 0 Å². The first-order chi connectivity index (χ1) is 21.0. The molecule has 1 atom stereocenters. The van der Waals surface area contributed by atoms with E-state index >= 15 is 0 Å². The Kier molecular flexibility index (Phi) is 7.98. The molecule has 2 fully saturated rings. The van der Waals surface area contributed by atoms with Gasteiger partial charge in [0.25, 0.3) is 0 Å². The lowest BCUT2D eigenvalue weighted by Crippen LogP contribution is -2.60. The van der Waals surface area contributed by atoms with E-state index in [9.17, 15) is 0 Å². The summed E-state index contributed by atoms with van der Waals surface area (Å²) in [5, 5.41) is 7.40. The molecule has 7 rings (SSSR count). The molecule has 0 radical (unpaired) electrons. The molecule has 2 aromatic carbocycles. The number of nitrogens with zero attached hydrogens (tertiary/aromatic N) is 7. The average Bonchev–Trinajstić information content (AvgIpc) is 3.03. The Balaban J connectivity index is 1.06.